The van der Waals surface area contributed by atoms with Crippen LogP contribution < -0.4 is 15.2 Å². The van der Waals surface area contributed by atoms with Gasteiger partial charge in [-0.15, -0.1) is 0 Å². The maximum atomic E-state index is 11.4. The Morgan fingerprint density at radius 1 is 1.13 bits per heavy atom. The molecule has 1 unspecified atom stereocenters. The van der Waals surface area contributed by atoms with Gasteiger partial charge < -0.3 is 25.4 Å². The number of nitrogens with zero attached hydrogens (tertiary/aromatic N) is 2. The zero-order valence-electron chi connectivity index (χ0n) is 16.0. The van der Waals surface area contributed by atoms with Crippen molar-refractivity contribution in [1.29, 1.82) is 0 Å². The van der Waals surface area contributed by atoms with Gasteiger partial charge in [-0.3, -0.25) is 0 Å². The van der Waals surface area contributed by atoms with Crippen molar-refractivity contribution in [2.45, 2.75) is 25.6 Å². The second kappa shape index (κ2) is 11.0. The number of benzene rings is 1. The van der Waals surface area contributed by atoms with E-state index in [2.05, 4.69) is 9.97 Å². The third-order valence-corrected chi connectivity index (χ3v) is 3.38. The number of carbonyl (C=O) groups is 2. The monoisotopic (exact) mass is 431 g/mol. The summed E-state index contributed by atoms with van der Waals surface area (Å²) < 4.78 is 42.2. The minimum atomic E-state index is -5.08. The lowest BCUT2D eigenvalue weighted by Crippen LogP contribution is -2.30. The summed E-state index contributed by atoms with van der Waals surface area (Å²) in [5.74, 6) is -3.68. The van der Waals surface area contributed by atoms with E-state index in [0.717, 1.165) is 5.56 Å². The molecule has 1 aromatic carbocycles. The number of aromatic carboxylic acids is 1. The number of rotatable bonds is 7. The van der Waals surface area contributed by atoms with E-state index in [1.54, 1.807) is 6.92 Å². The lowest BCUT2D eigenvalue weighted by molar-refractivity contribution is -0.192. The highest BCUT2D eigenvalue weighted by Gasteiger charge is 2.38. The topological polar surface area (TPSA) is 145 Å². The summed E-state index contributed by atoms with van der Waals surface area (Å²) in [5, 5.41) is 16.4. The molecule has 0 fully saturated rings. The molecule has 0 saturated heterocycles. The highest BCUT2D eigenvalue weighted by atomic mass is 19.4. The molecule has 0 aliphatic carbocycles. The average molecular weight is 431 g/mol. The standard InChI is InChI=1S/C16H19N3O4.C2HF3O2/c1-10-18-14(22-2)13(16(20)21)15(19-10)23-9-12(17)8-11-6-4-3-5-7-11;3-2(4,5)1(6)7/h3-7,12H,8-9,17H2,1-2H3,(H,20,21);(H,6,7). The third-order valence-electron chi connectivity index (χ3n) is 3.38. The highest BCUT2D eigenvalue weighted by Crippen LogP contribution is 2.25. The van der Waals surface area contributed by atoms with E-state index in [0.29, 0.717) is 12.2 Å². The van der Waals surface area contributed by atoms with Gasteiger partial charge >= 0.3 is 18.1 Å². The first-order valence-corrected chi connectivity index (χ1v) is 8.34. The van der Waals surface area contributed by atoms with Crippen LogP contribution in [0.2, 0.25) is 0 Å². The summed E-state index contributed by atoms with van der Waals surface area (Å²) in [7, 11) is 1.35. The van der Waals surface area contributed by atoms with Crippen molar-refractivity contribution < 1.29 is 42.4 Å². The summed E-state index contributed by atoms with van der Waals surface area (Å²) in [5.41, 5.74) is 6.92. The van der Waals surface area contributed by atoms with Crippen molar-refractivity contribution in [3.8, 4) is 11.8 Å². The molecule has 0 amide bonds. The Balaban J connectivity index is 0.000000553. The van der Waals surface area contributed by atoms with E-state index < -0.39 is 18.1 Å². The van der Waals surface area contributed by atoms with Gasteiger partial charge in [0.25, 0.3) is 0 Å². The van der Waals surface area contributed by atoms with Crippen LogP contribution in [0.25, 0.3) is 0 Å². The first-order valence-electron chi connectivity index (χ1n) is 8.34. The van der Waals surface area contributed by atoms with Crippen LogP contribution in [0.4, 0.5) is 13.2 Å². The second-order valence-electron chi connectivity index (χ2n) is 5.83. The van der Waals surface area contributed by atoms with Gasteiger partial charge in [0.15, 0.2) is 5.56 Å². The fraction of sp³-hybridized carbons (Fsp3) is 0.333. The third kappa shape index (κ3) is 7.91. The number of aryl methyl sites for hydroxylation is 1. The number of carboxylic acid groups (broad SMARTS) is 2. The van der Waals surface area contributed by atoms with Gasteiger partial charge in [-0.05, 0) is 18.9 Å². The van der Waals surface area contributed by atoms with E-state index in [1.807, 2.05) is 30.3 Å². The summed E-state index contributed by atoms with van der Waals surface area (Å²) in [6.45, 7) is 1.76. The van der Waals surface area contributed by atoms with E-state index in [-0.39, 0.29) is 30.0 Å². The van der Waals surface area contributed by atoms with Crippen LogP contribution in [-0.4, -0.2) is 58.1 Å². The molecule has 0 saturated carbocycles. The fourth-order valence-corrected chi connectivity index (χ4v) is 2.12. The molecule has 2 rings (SSSR count). The van der Waals surface area contributed by atoms with Crippen LogP contribution in [0.15, 0.2) is 30.3 Å². The van der Waals surface area contributed by atoms with Crippen molar-refractivity contribution in [1.82, 2.24) is 9.97 Å². The molecule has 12 heteroatoms. The first-order chi connectivity index (χ1) is 14.0. The Morgan fingerprint density at radius 2 is 1.67 bits per heavy atom. The lowest BCUT2D eigenvalue weighted by atomic mass is 10.1. The van der Waals surface area contributed by atoms with Crippen molar-refractivity contribution >= 4 is 11.9 Å². The van der Waals surface area contributed by atoms with Crippen LogP contribution in [0.5, 0.6) is 11.8 Å². The van der Waals surface area contributed by atoms with Gasteiger partial charge in [0.1, 0.15) is 12.4 Å². The maximum Gasteiger partial charge on any atom is 0.490 e. The molecule has 1 heterocycles. The van der Waals surface area contributed by atoms with Crippen molar-refractivity contribution in [3.05, 3.63) is 47.3 Å². The number of aromatic nitrogens is 2. The molecule has 0 aliphatic heterocycles. The summed E-state index contributed by atoms with van der Waals surface area (Å²) >= 11 is 0. The molecule has 9 nitrogen and oxygen atoms in total. The Bertz CT molecular complexity index is 862. The second-order valence-corrected chi connectivity index (χ2v) is 5.83. The van der Waals surface area contributed by atoms with E-state index in [9.17, 15) is 23.1 Å². The van der Waals surface area contributed by atoms with E-state index in [4.69, 9.17) is 25.1 Å². The Hall–Kier alpha value is -3.41. The van der Waals surface area contributed by atoms with Gasteiger partial charge in [0, 0.05) is 6.04 Å². The zero-order valence-corrected chi connectivity index (χ0v) is 16.0. The summed E-state index contributed by atoms with van der Waals surface area (Å²) in [4.78, 5) is 28.2. The maximum absolute atomic E-state index is 11.4. The normalized spacial score (nSPS) is 11.7. The molecule has 0 bridgehead atoms. The SMILES string of the molecule is COc1nc(C)nc(OCC(N)Cc2ccccc2)c1C(=O)O.O=C(O)C(F)(F)F. The van der Waals surface area contributed by atoms with Crippen molar-refractivity contribution in [3.63, 3.8) is 0 Å². The Kier molecular flexibility index (Phi) is 8.99. The number of ether oxygens (including phenoxy) is 2. The molecular formula is C18H20F3N3O6. The predicted octanol–water partition coefficient (Wildman–Crippen LogP) is 2.07. The molecule has 0 radical (unpaired) electrons. The fourth-order valence-electron chi connectivity index (χ4n) is 2.12. The number of hydrogen-bond acceptors (Lipinski definition) is 7. The largest absolute Gasteiger partial charge is 0.490 e. The van der Waals surface area contributed by atoms with Crippen molar-refractivity contribution in [2.75, 3.05) is 13.7 Å². The first kappa shape index (κ1) is 24.6. The molecule has 2 aromatic rings. The van der Waals surface area contributed by atoms with Gasteiger partial charge in [-0.2, -0.15) is 23.1 Å². The van der Waals surface area contributed by atoms with Gasteiger partial charge in [-0.1, -0.05) is 30.3 Å². The predicted molar refractivity (Wildman–Crippen MR) is 97.6 cm³/mol. The molecule has 0 aliphatic rings. The number of methoxy groups -OCH3 is 1. The van der Waals surface area contributed by atoms with E-state index >= 15 is 0 Å². The van der Waals surface area contributed by atoms with Gasteiger partial charge in [0.05, 0.1) is 7.11 Å². The van der Waals surface area contributed by atoms with Gasteiger partial charge in [-0.25, -0.2) is 9.59 Å². The zero-order chi connectivity index (χ0) is 22.9. The van der Waals surface area contributed by atoms with Crippen LogP contribution in [-0.2, 0) is 11.2 Å². The number of aliphatic carboxylic acids is 1. The Morgan fingerprint density at radius 3 is 2.13 bits per heavy atom. The molecular weight excluding hydrogens is 411 g/mol. The molecule has 164 valence electrons. The summed E-state index contributed by atoms with van der Waals surface area (Å²) in [6.07, 6.45) is -4.47. The molecule has 1 aromatic heterocycles. The van der Waals surface area contributed by atoms with Crippen LogP contribution in [0, 0.1) is 6.92 Å². The lowest BCUT2D eigenvalue weighted by Gasteiger charge is -2.15. The van der Waals surface area contributed by atoms with Crippen LogP contribution >= 0.6 is 0 Å². The highest BCUT2D eigenvalue weighted by molar-refractivity contribution is 5.92. The van der Waals surface area contributed by atoms with Crippen LogP contribution in [0.3, 0.4) is 0 Å². The number of carboxylic acids is 2. The quantitative estimate of drug-likeness (QED) is 0.600. The smallest absolute Gasteiger partial charge is 0.480 e. The molecule has 1 atom stereocenters. The summed E-state index contributed by atoms with van der Waals surface area (Å²) in [6, 6.07) is 9.45. The number of alkyl halides is 3. The van der Waals surface area contributed by atoms with E-state index in [1.165, 1.54) is 7.11 Å². The molecule has 0 spiro atoms. The van der Waals surface area contributed by atoms with Crippen molar-refractivity contribution in [2.24, 2.45) is 5.73 Å². The minimum absolute atomic E-state index is 0.0309. The Labute approximate surface area is 169 Å². The number of nitrogens with two attached hydrogens (primary N) is 1. The molecule has 30 heavy (non-hydrogen) atoms. The minimum Gasteiger partial charge on any atom is -0.480 e. The number of halogens is 3. The van der Waals surface area contributed by atoms with Crippen LogP contribution in [0.1, 0.15) is 21.7 Å². The molecule has 4 N–H and O–H groups in total. The average Bonchev–Trinajstić information content (AvgIpc) is 2.66. The van der Waals surface area contributed by atoms with Gasteiger partial charge in [0.2, 0.25) is 11.8 Å². The number of hydrogen-bond donors (Lipinski definition) is 3.